The Morgan fingerprint density at radius 2 is 1.48 bits per heavy atom. The molecule has 3 fully saturated rings. The van der Waals surface area contributed by atoms with E-state index in [0.29, 0.717) is 25.4 Å². The molecule has 3 rings (SSSR count). The number of likely N-dealkylation sites (tertiary alicyclic amines) is 1. The van der Waals surface area contributed by atoms with Gasteiger partial charge in [0.2, 0.25) is 21.8 Å². The Labute approximate surface area is 150 Å². The molecule has 3 aliphatic rings. The van der Waals surface area contributed by atoms with Crippen molar-refractivity contribution in [2.75, 3.05) is 18.8 Å². The Kier molecular flexibility index (Phi) is 6.02. The maximum atomic E-state index is 12.4. The van der Waals surface area contributed by atoms with Gasteiger partial charge >= 0.3 is 0 Å². The van der Waals surface area contributed by atoms with E-state index in [4.69, 9.17) is 0 Å². The van der Waals surface area contributed by atoms with E-state index in [2.05, 4.69) is 4.72 Å². The van der Waals surface area contributed by atoms with E-state index in [-0.39, 0.29) is 23.5 Å². The zero-order chi connectivity index (χ0) is 17.9. The third-order valence-corrected chi connectivity index (χ3v) is 7.33. The predicted octanol–water partition coefficient (Wildman–Crippen LogP) is 2.05. The number of nitrogens with one attached hydrogen (secondary N) is 1. The predicted molar refractivity (Wildman–Crippen MR) is 95.1 cm³/mol. The molecule has 1 aliphatic heterocycles. The van der Waals surface area contributed by atoms with Gasteiger partial charge in [0.25, 0.3) is 0 Å². The van der Waals surface area contributed by atoms with E-state index in [9.17, 15) is 18.0 Å². The number of amides is 2. The van der Waals surface area contributed by atoms with Gasteiger partial charge in [-0.2, -0.15) is 0 Å². The lowest BCUT2D eigenvalue weighted by atomic mass is 9.86. The summed E-state index contributed by atoms with van der Waals surface area (Å²) in [7, 11) is -3.55. The Morgan fingerprint density at radius 1 is 0.880 bits per heavy atom. The van der Waals surface area contributed by atoms with Crippen LogP contribution in [-0.2, 0) is 19.6 Å². The molecule has 142 valence electrons. The van der Waals surface area contributed by atoms with E-state index in [1.54, 1.807) is 4.90 Å². The van der Waals surface area contributed by atoms with Gasteiger partial charge in [0.15, 0.2) is 0 Å². The van der Waals surface area contributed by atoms with Crippen molar-refractivity contribution in [3.63, 3.8) is 0 Å². The molecule has 1 heterocycles. The number of carbonyl (C=O) groups is 2. The first-order valence-corrected chi connectivity index (χ1v) is 11.4. The lowest BCUT2D eigenvalue weighted by Crippen LogP contribution is -2.57. The minimum atomic E-state index is -3.55. The van der Waals surface area contributed by atoms with Crippen LogP contribution in [0.25, 0.3) is 0 Å². The lowest BCUT2D eigenvalue weighted by Gasteiger charge is -2.40. The van der Waals surface area contributed by atoms with Crippen molar-refractivity contribution < 1.29 is 18.0 Å². The summed E-state index contributed by atoms with van der Waals surface area (Å²) in [5, 5.41) is 0. The van der Waals surface area contributed by atoms with Gasteiger partial charge in [-0.3, -0.25) is 14.3 Å². The van der Waals surface area contributed by atoms with Gasteiger partial charge in [-0.15, -0.1) is 0 Å². The molecule has 0 bridgehead atoms. The monoisotopic (exact) mass is 370 g/mol. The summed E-state index contributed by atoms with van der Waals surface area (Å²) in [5.41, 5.74) is 0. The first-order chi connectivity index (χ1) is 11.9. The summed E-state index contributed by atoms with van der Waals surface area (Å²) in [5.74, 6) is -0.0615. The average molecular weight is 371 g/mol. The van der Waals surface area contributed by atoms with Gasteiger partial charge in [0.1, 0.15) is 0 Å². The SMILES string of the molecule is O=C(NS(=O)(=O)CCC1CCCC1)C1CN(C(=O)C2CCCCC2)C1. The van der Waals surface area contributed by atoms with Crippen molar-refractivity contribution >= 4 is 21.8 Å². The minimum absolute atomic E-state index is 0.0286. The Balaban J connectivity index is 1.39. The van der Waals surface area contributed by atoms with Crippen molar-refractivity contribution in [2.45, 2.75) is 64.2 Å². The van der Waals surface area contributed by atoms with Gasteiger partial charge in [0, 0.05) is 19.0 Å². The summed E-state index contributed by atoms with van der Waals surface area (Å²) in [6.07, 6.45) is 10.5. The summed E-state index contributed by atoms with van der Waals surface area (Å²) in [6.45, 7) is 0.721. The van der Waals surface area contributed by atoms with Crippen molar-refractivity contribution in [2.24, 2.45) is 17.8 Å². The topological polar surface area (TPSA) is 83.6 Å². The van der Waals surface area contributed by atoms with E-state index >= 15 is 0 Å². The van der Waals surface area contributed by atoms with Crippen LogP contribution in [0, 0.1) is 17.8 Å². The maximum absolute atomic E-state index is 12.4. The molecule has 7 heteroatoms. The average Bonchev–Trinajstić information content (AvgIpc) is 3.05. The van der Waals surface area contributed by atoms with Crippen LogP contribution in [0.4, 0.5) is 0 Å². The van der Waals surface area contributed by atoms with E-state index in [1.807, 2.05) is 0 Å². The molecule has 2 saturated carbocycles. The van der Waals surface area contributed by atoms with Crippen molar-refractivity contribution in [3.05, 3.63) is 0 Å². The highest BCUT2D eigenvalue weighted by Gasteiger charge is 2.39. The molecular weight excluding hydrogens is 340 g/mol. The molecule has 1 saturated heterocycles. The smallest absolute Gasteiger partial charge is 0.240 e. The molecular formula is C18H30N2O4S. The standard InChI is InChI=1S/C18H30N2O4S/c21-17(19-25(23,24)11-10-14-6-4-5-7-14)16-12-20(13-16)18(22)15-8-2-1-3-9-15/h14-16H,1-13H2,(H,19,21). The van der Waals surface area contributed by atoms with Gasteiger partial charge in [-0.05, 0) is 25.2 Å². The Bertz CT molecular complexity index is 586. The fraction of sp³-hybridized carbons (Fsp3) is 0.889. The second-order valence-corrected chi connectivity index (χ2v) is 9.84. The molecule has 0 aromatic carbocycles. The Hall–Kier alpha value is -1.11. The molecule has 25 heavy (non-hydrogen) atoms. The fourth-order valence-electron chi connectivity index (χ4n) is 4.34. The molecule has 0 spiro atoms. The first-order valence-electron chi connectivity index (χ1n) is 9.78. The van der Waals surface area contributed by atoms with E-state index in [0.717, 1.165) is 38.5 Å². The molecule has 1 N–H and O–H groups in total. The first kappa shape index (κ1) is 18.7. The van der Waals surface area contributed by atoms with Crippen molar-refractivity contribution in [1.29, 1.82) is 0 Å². The van der Waals surface area contributed by atoms with Crippen LogP contribution < -0.4 is 4.72 Å². The summed E-state index contributed by atoms with van der Waals surface area (Å²) < 4.78 is 26.4. The number of nitrogens with zero attached hydrogens (tertiary/aromatic N) is 1. The second-order valence-electron chi connectivity index (χ2n) is 8.00. The molecule has 0 unspecified atom stereocenters. The second kappa shape index (κ2) is 8.06. The van der Waals surface area contributed by atoms with Gasteiger partial charge in [-0.1, -0.05) is 44.9 Å². The van der Waals surface area contributed by atoms with E-state index < -0.39 is 15.9 Å². The summed E-state index contributed by atoms with van der Waals surface area (Å²) >= 11 is 0. The minimum Gasteiger partial charge on any atom is -0.341 e. The fourth-order valence-corrected chi connectivity index (χ4v) is 5.56. The summed E-state index contributed by atoms with van der Waals surface area (Å²) in [6, 6.07) is 0. The van der Waals surface area contributed by atoms with Gasteiger partial charge in [-0.25, -0.2) is 8.42 Å². The van der Waals surface area contributed by atoms with Crippen LogP contribution in [0.5, 0.6) is 0 Å². The number of sulfonamides is 1. The third kappa shape index (κ3) is 4.96. The molecule has 2 amide bonds. The summed E-state index contributed by atoms with van der Waals surface area (Å²) in [4.78, 5) is 26.2. The highest BCUT2D eigenvalue weighted by molar-refractivity contribution is 7.90. The van der Waals surface area contributed by atoms with Gasteiger partial charge in [0.05, 0.1) is 11.7 Å². The van der Waals surface area contributed by atoms with Crippen LogP contribution in [0.15, 0.2) is 0 Å². The third-order valence-electron chi connectivity index (χ3n) is 6.04. The lowest BCUT2D eigenvalue weighted by molar-refractivity contribution is -0.146. The molecule has 2 aliphatic carbocycles. The molecule has 0 radical (unpaired) electrons. The number of hydrogen-bond acceptors (Lipinski definition) is 4. The van der Waals surface area contributed by atoms with Crippen molar-refractivity contribution in [1.82, 2.24) is 9.62 Å². The van der Waals surface area contributed by atoms with Crippen LogP contribution >= 0.6 is 0 Å². The van der Waals surface area contributed by atoms with Crippen molar-refractivity contribution in [3.8, 4) is 0 Å². The molecule has 0 aromatic heterocycles. The van der Waals surface area contributed by atoms with Gasteiger partial charge < -0.3 is 4.90 Å². The van der Waals surface area contributed by atoms with Crippen LogP contribution in [-0.4, -0.2) is 44.0 Å². The maximum Gasteiger partial charge on any atom is 0.240 e. The largest absolute Gasteiger partial charge is 0.341 e. The Morgan fingerprint density at radius 3 is 2.12 bits per heavy atom. The number of hydrogen-bond donors (Lipinski definition) is 1. The molecule has 6 nitrogen and oxygen atoms in total. The normalized spacial score (nSPS) is 23.4. The quantitative estimate of drug-likeness (QED) is 0.776. The zero-order valence-corrected chi connectivity index (χ0v) is 15.7. The van der Waals surface area contributed by atoms with Crippen LogP contribution in [0.3, 0.4) is 0 Å². The van der Waals surface area contributed by atoms with E-state index in [1.165, 1.54) is 19.3 Å². The van der Waals surface area contributed by atoms with Crippen LogP contribution in [0.1, 0.15) is 64.2 Å². The number of carbonyl (C=O) groups excluding carboxylic acids is 2. The highest BCUT2D eigenvalue weighted by atomic mass is 32.2. The zero-order valence-electron chi connectivity index (χ0n) is 14.9. The molecule has 0 aromatic rings. The van der Waals surface area contributed by atoms with Crippen LogP contribution in [0.2, 0.25) is 0 Å². The number of rotatable bonds is 6. The molecule has 0 atom stereocenters. The highest BCUT2D eigenvalue weighted by Crippen LogP contribution is 2.29.